The first-order chi connectivity index (χ1) is 12.6. The molecular weight excluding hydrogens is 392 g/mol. The molecule has 1 fully saturated rings. The van der Waals surface area contributed by atoms with E-state index in [2.05, 4.69) is 0 Å². The average molecular weight is 417 g/mol. The molecule has 1 heterocycles. The highest BCUT2D eigenvalue weighted by Crippen LogP contribution is 2.33. The number of carbonyl (C=O) groups is 1. The lowest BCUT2D eigenvalue weighted by Crippen LogP contribution is -2.42. The van der Waals surface area contributed by atoms with Crippen molar-refractivity contribution in [3.63, 3.8) is 0 Å². The first-order valence-corrected chi connectivity index (χ1v) is 11.1. The van der Waals surface area contributed by atoms with Crippen LogP contribution in [0.25, 0.3) is 0 Å². The van der Waals surface area contributed by atoms with Crippen molar-refractivity contribution < 1.29 is 22.9 Å². The second kappa shape index (κ2) is 9.03. The number of sulfonamides is 1. The van der Waals surface area contributed by atoms with Crippen molar-refractivity contribution in [3.8, 4) is 0 Å². The van der Waals surface area contributed by atoms with E-state index in [1.807, 2.05) is 13.8 Å². The standard InChI is InChI=1S/C17H24N2O6S2/c1-4-25-17(20)11-26-16-6-5-14(8-15(16)19(21)22)27(23,24)18-9-12(2)7-13(3)10-18/h5-6,8,12-13H,4,7,9-11H2,1-3H3/t12-,13-/m1/s1. The Morgan fingerprint density at radius 2 is 1.96 bits per heavy atom. The Labute approximate surface area is 163 Å². The number of thioether (sulfide) groups is 1. The van der Waals surface area contributed by atoms with Crippen LogP contribution in [0.3, 0.4) is 0 Å². The van der Waals surface area contributed by atoms with E-state index < -0.39 is 20.9 Å². The van der Waals surface area contributed by atoms with E-state index in [0.717, 1.165) is 24.2 Å². The van der Waals surface area contributed by atoms with Gasteiger partial charge in [0.25, 0.3) is 5.69 Å². The van der Waals surface area contributed by atoms with Crippen LogP contribution >= 0.6 is 11.8 Å². The molecule has 0 bridgehead atoms. The monoisotopic (exact) mass is 416 g/mol. The molecule has 1 aliphatic heterocycles. The van der Waals surface area contributed by atoms with Crippen LogP contribution in [-0.4, -0.2) is 49.1 Å². The SMILES string of the molecule is CCOC(=O)CSc1ccc(S(=O)(=O)N2C[C@H](C)C[C@@H](C)C2)cc1[N+](=O)[O-]. The number of carbonyl (C=O) groups excluding carboxylic acids is 1. The molecule has 1 saturated heterocycles. The molecule has 2 atom stereocenters. The quantitative estimate of drug-likeness (QED) is 0.291. The fourth-order valence-corrected chi connectivity index (χ4v) is 5.72. The highest BCUT2D eigenvalue weighted by Gasteiger charge is 2.33. The molecule has 10 heteroatoms. The minimum absolute atomic E-state index is 0.0814. The summed E-state index contributed by atoms with van der Waals surface area (Å²) in [6, 6.07) is 3.82. The molecule has 0 aliphatic carbocycles. The number of ether oxygens (including phenoxy) is 1. The molecule has 1 aliphatic rings. The number of rotatable bonds is 7. The van der Waals surface area contributed by atoms with Gasteiger partial charge in [-0.25, -0.2) is 8.42 Å². The number of piperidine rings is 1. The molecule has 0 N–H and O–H groups in total. The largest absolute Gasteiger partial charge is 0.465 e. The third-order valence-corrected chi connectivity index (χ3v) is 7.11. The lowest BCUT2D eigenvalue weighted by molar-refractivity contribution is -0.388. The Morgan fingerprint density at radius 3 is 2.52 bits per heavy atom. The topological polar surface area (TPSA) is 107 Å². The Bertz CT molecular complexity index is 802. The second-order valence-corrected chi connectivity index (χ2v) is 9.70. The summed E-state index contributed by atoms with van der Waals surface area (Å²) in [7, 11) is -3.81. The molecule has 0 saturated carbocycles. The molecule has 0 aromatic heterocycles. The van der Waals surface area contributed by atoms with Crippen molar-refractivity contribution in [1.29, 1.82) is 0 Å². The van der Waals surface area contributed by atoms with Gasteiger partial charge in [0.05, 0.1) is 27.1 Å². The van der Waals surface area contributed by atoms with Gasteiger partial charge in [-0.2, -0.15) is 4.31 Å². The summed E-state index contributed by atoms with van der Waals surface area (Å²) < 4.78 is 32.1. The van der Waals surface area contributed by atoms with E-state index in [-0.39, 0.29) is 39.7 Å². The normalized spacial score (nSPS) is 21.0. The highest BCUT2D eigenvalue weighted by atomic mass is 32.2. The van der Waals surface area contributed by atoms with Crippen LogP contribution < -0.4 is 0 Å². The fraction of sp³-hybridized carbons (Fsp3) is 0.588. The molecule has 0 amide bonds. The van der Waals surface area contributed by atoms with E-state index in [1.165, 1.54) is 16.4 Å². The van der Waals surface area contributed by atoms with Crippen molar-refractivity contribution in [3.05, 3.63) is 28.3 Å². The van der Waals surface area contributed by atoms with Gasteiger partial charge < -0.3 is 4.74 Å². The van der Waals surface area contributed by atoms with Crippen LogP contribution in [0, 0.1) is 22.0 Å². The summed E-state index contributed by atoms with van der Waals surface area (Å²) >= 11 is 0.954. The summed E-state index contributed by atoms with van der Waals surface area (Å²) in [6.45, 7) is 6.70. The first-order valence-electron chi connectivity index (χ1n) is 8.72. The van der Waals surface area contributed by atoms with Gasteiger partial charge in [-0.3, -0.25) is 14.9 Å². The molecular formula is C17H24N2O6S2. The lowest BCUT2D eigenvalue weighted by Gasteiger charge is -2.34. The van der Waals surface area contributed by atoms with E-state index >= 15 is 0 Å². The maximum Gasteiger partial charge on any atom is 0.316 e. The number of benzene rings is 1. The third kappa shape index (κ3) is 5.43. The van der Waals surface area contributed by atoms with E-state index in [1.54, 1.807) is 6.92 Å². The van der Waals surface area contributed by atoms with Crippen molar-refractivity contribution in [2.75, 3.05) is 25.4 Å². The van der Waals surface area contributed by atoms with E-state index in [9.17, 15) is 23.3 Å². The van der Waals surface area contributed by atoms with Crippen molar-refractivity contribution in [2.45, 2.75) is 37.0 Å². The summed E-state index contributed by atoms with van der Waals surface area (Å²) in [4.78, 5) is 22.4. The summed E-state index contributed by atoms with van der Waals surface area (Å²) in [5.74, 6) is -0.0947. The highest BCUT2D eigenvalue weighted by molar-refractivity contribution is 8.00. The Balaban J connectivity index is 2.28. The maximum absolute atomic E-state index is 12.9. The third-order valence-electron chi connectivity index (χ3n) is 4.25. The van der Waals surface area contributed by atoms with Crippen molar-refractivity contribution in [1.82, 2.24) is 4.31 Å². The minimum atomic E-state index is -3.81. The zero-order chi connectivity index (χ0) is 20.2. The van der Waals surface area contributed by atoms with Crippen LogP contribution in [0.5, 0.6) is 0 Å². The van der Waals surface area contributed by atoms with Crippen LogP contribution in [0.4, 0.5) is 5.69 Å². The molecule has 1 aromatic rings. The molecule has 150 valence electrons. The molecule has 1 aromatic carbocycles. The van der Waals surface area contributed by atoms with Gasteiger partial charge in [-0.15, -0.1) is 11.8 Å². The molecule has 8 nitrogen and oxygen atoms in total. The predicted octanol–water partition coefficient (Wildman–Crippen LogP) is 2.92. The van der Waals surface area contributed by atoms with Crippen LogP contribution in [0.15, 0.2) is 28.0 Å². The van der Waals surface area contributed by atoms with Gasteiger partial charge in [-0.1, -0.05) is 13.8 Å². The number of hydrogen-bond acceptors (Lipinski definition) is 7. The predicted molar refractivity (Wildman–Crippen MR) is 102 cm³/mol. The minimum Gasteiger partial charge on any atom is -0.465 e. The van der Waals surface area contributed by atoms with Gasteiger partial charge in [0.1, 0.15) is 0 Å². The Kier molecular flexibility index (Phi) is 7.24. The summed E-state index contributed by atoms with van der Waals surface area (Å²) in [6.07, 6.45) is 0.954. The number of nitro benzene ring substituents is 1. The van der Waals surface area contributed by atoms with Crippen molar-refractivity contribution in [2.24, 2.45) is 11.8 Å². The number of esters is 1. The van der Waals surface area contributed by atoms with Crippen LogP contribution in [0.1, 0.15) is 27.2 Å². The molecule has 0 unspecified atom stereocenters. The Hall–Kier alpha value is -1.65. The van der Waals surface area contributed by atoms with Gasteiger partial charge in [-0.05, 0) is 37.3 Å². The Morgan fingerprint density at radius 1 is 1.33 bits per heavy atom. The van der Waals surface area contributed by atoms with E-state index in [4.69, 9.17) is 4.74 Å². The zero-order valence-electron chi connectivity index (χ0n) is 15.6. The number of nitrogens with zero attached hydrogens (tertiary/aromatic N) is 2. The van der Waals surface area contributed by atoms with Gasteiger partial charge >= 0.3 is 5.97 Å². The molecule has 2 rings (SSSR count). The van der Waals surface area contributed by atoms with Gasteiger partial charge in [0.2, 0.25) is 10.0 Å². The zero-order valence-corrected chi connectivity index (χ0v) is 17.2. The van der Waals surface area contributed by atoms with Gasteiger partial charge in [0, 0.05) is 19.2 Å². The van der Waals surface area contributed by atoms with Crippen LogP contribution in [0.2, 0.25) is 0 Å². The van der Waals surface area contributed by atoms with Crippen LogP contribution in [-0.2, 0) is 19.6 Å². The fourth-order valence-electron chi connectivity index (χ4n) is 3.21. The average Bonchev–Trinajstić information content (AvgIpc) is 2.59. The summed E-state index contributed by atoms with van der Waals surface area (Å²) in [5, 5.41) is 11.4. The van der Waals surface area contributed by atoms with Crippen molar-refractivity contribution >= 4 is 33.4 Å². The first kappa shape index (κ1) is 21.6. The van der Waals surface area contributed by atoms with E-state index in [0.29, 0.717) is 13.1 Å². The molecule has 27 heavy (non-hydrogen) atoms. The molecule has 0 radical (unpaired) electrons. The lowest BCUT2D eigenvalue weighted by atomic mass is 9.94. The summed E-state index contributed by atoms with van der Waals surface area (Å²) in [5.41, 5.74) is -0.330. The number of hydrogen-bond donors (Lipinski definition) is 0. The maximum atomic E-state index is 12.9. The number of nitro groups is 1. The second-order valence-electron chi connectivity index (χ2n) is 6.75. The smallest absolute Gasteiger partial charge is 0.316 e. The molecule has 0 spiro atoms. The van der Waals surface area contributed by atoms with Gasteiger partial charge in [0.15, 0.2) is 0 Å².